The van der Waals surface area contributed by atoms with E-state index in [1.807, 2.05) is 24.8 Å². The summed E-state index contributed by atoms with van der Waals surface area (Å²) < 4.78 is 0. The molecule has 3 N–H and O–H groups in total. The zero-order chi connectivity index (χ0) is 24.9. The van der Waals surface area contributed by atoms with Crippen LogP contribution in [-0.4, -0.2) is 65.9 Å². The molecule has 0 aliphatic carbocycles. The van der Waals surface area contributed by atoms with Crippen molar-refractivity contribution in [1.82, 2.24) is 15.1 Å². The lowest BCUT2D eigenvalue weighted by Crippen LogP contribution is -2.56. The van der Waals surface area contributed by atoms with Crippen molar-refractivity contribution >= 4 is 11.8 Å². The van der Waals surface area contributed by atoms with Crippen LogP contribution in [0.1, 0.15) is 56.6 Å². The fraction of sp³-hybridized carbons (Fsp3) is 0.517. The average molecular weight is 477 g/mol. The third kappa shape index (κ3) is 6.11. The normalized spacial score (nSPS) is 24.5. The Morgan fingerprint density at radius 1 is 0.943 bits per heavy atom. The molecule has 35 heavy (non-hydrogen) atoms. The Kier molecular flexibility index (Phi) is 8.24. The first kappa shape index (κ1) is 25.4. The zero-order valence-corrected chi connectivity index (χ0v) is 21.3. The number of carbonyl (C=O) groups is 2. The summed E-state index contributed by atoms with van der Waals surface area (Å²) >= 11 is 0. The Labute approximate surface area is 209 Å². The number of nitrogens with zero attached hydrogens (tertiary/aromatic N) is 2. The molecule has 2 amide bonds. The first-order valence-corrected chi connectivity index (χ1v) is 13.0. The van der Waals surface area contributed by atoms with Gasteiger partial charge in [0.05, 0.1) is 6.04 Å². The molecule has 188 valence electrons. The Morgan fingerprint density at radius 2 is 1.54 bits per heavy atom. The van der Waals surface area contributed by atoms with E-state index in [0.29, 0.717) is 18.4 Å². The summed E-state index contributed by atoms with van der Waals surface area (Å²) in [5.41, 5.74) is 8.46. The third-order valence-electron chi connectivity index (χ3n) is 7.62. The van der Waals surface area contributed by atoms with Gasteiger partial charge in [-0.3, -0.25) is 9.59 Å². The number of carbonyl (C=O) groups excluding carboxylic acids is 2. The second-order valence-corrected chi connectivity index (χ2v) is 10.7. The highest BCUT2D eigenvalue weighted by Crippen LogP contribution is 2.35. The molecule has 2 fully saturated rings. The van der Waals surface area contributed by atoms with E-state index < -0.39 is 12.1 Å². The molecule has 2 saturated heterocycles. The number of nitrogens with two attached hydrogens (primary N) is 1. The predicted octanol–water partition coefficient (Wildman–Crippen LogP) is 3.35. The molecule has 6 nitrogen and oxygen atoms in total. The first-order chi connectivity index (χ1) is 16.8. The van der Waals surface area contributed by atoms with Crippen molar-refractivity contribution < 1.29 is 9.59 Å². The molecule has 0 saturated carbocycles. The van der Waals surface area contributed by atoms with Gasteiger partial charge in [-0.15, -0.1) is 0 Å². The number of rotatable bonds is 8. The van der Waals surface area contributed by atoms with Gasteiger partial charge in [-0.2, -0.15) is 0 Å². The van der Waals surface area contributed by atoms with Crippen molar-refractivity contribution in [3.63, 3.8) is 0 Å². The molecule has 2 aromatic rings. The Bertz CT molecular complexity index is 979. The lowest BCUT2D eigenvalue weighted by molar-refractivity contribution is -0.138. The Balaban J connectivity index is 1.51. The minimum atomic E-state index is -0.644. The molecule has 5 atom stereocenters. The number of nitrogens with one attached hydrogen (secondary N) is 1. The van der Waals surface area contributed by atoms with Gasteiger partial charge >= 0.3 is 0 Å². The number of benzene rings is 2. The van der Waals surface area contributed by atoms with Crippen molar-refractivity contribution in [3.8, 4) is 0 Å². The minimum absolute atomic E-state index is 0.0104. The van der Waals surface area contributed by atoms with Crippen molar-refractivity contribution in [2.24, 2.45) is 11.7 Å². The molecule has 2 aliphatic rings. The molecule has 6 heteroatoms. The molecular weight excluding hydrogens is 436 g/mol. The van der Waals surface area contributed by atoms with E-state index in [0.717, 1.165) is 32.5 Å². The number of hydrogen-bond donors (Lipinski definition) is 2. The van der Waals surface area contributed by atoms with E-state index in [4.69, 9.17) is 5.73 Å². The lowest BCUT2D eigenvalue weighted by Gasteiger charge is -2.33. The van der Waals surface area contributed by atoms with E-state index in [-0.39, 0.29) is 23.8 Å². The van der Waals surface area contributed by atoms with E-state index in [2.05, 4.69) is 64.8 Å². The Morgan fingerprint density at radius 3 is 2.11 bits per heavy atom. The maximum Gasteiger partial charge on any atom is 0.245 e. The van der Waals surface area contributed by atoms with Gasteiger partial charge in [-0.05, 0) is 49.3 Å². The summed E-state index contributed by atoms with van der Waals surface area (Å²) in [5.74, 6) is 0.555. The maximum absolute atomic E-state index is 13.8. The summed E-state index contributed by atoms with van der Waals surface area (Å²) in [7, 11) is 0. The lowest BCUT2D eigenvalue weighted by atomic mass is 9.96. The molecule has 1 unspecified atom stereocenters. The van der Waals surface area contributed by atoms with Crippen molar-refractivity contribution in [2.75, 3.05) is 26.2 Å². The topological polar surface area (TPSA) is 78.7 Å². The van der Waals surface area contributed by atoms with Crippen LogP contribution in [0.25, 0.3) is 0 Å². The van der Waals surface area contributed by atoms with Gasteiger partial charge in [-0.25, -0.2) is 0 Å². The SMILES string of the molecule is CC(C)[C@H](NC(=O)[C@H](C)N)C(=O)N1C[C@@H](c2ccccc2)C[C@H]1CN1CCC(c2ccccc2)C1. The average Bonchev–Trinajstić information content (AvgIpc) is 3.50. The summed E-state index contributed by atoms with van der Waals surface area (Å²) in [5, 5.41) is 2.92. The predicted molar refractivity (Wildman–Crippen MR) is 140 cm³/mol. The van der Waals surface area contributed by atoms with E-state index >= 15 is 0 Å². The minimum Gasteiger partial charge on any atom is -0.343 e. The molecule has 2 aliphatic heterocycles. The molecule has 0 spiro atoms. The molecule has 0 aromatic heterocycles. The zero-order valence-electron chi connectivity index (χ0n) is 21.3. The van der Waals surface area contributed by atoms with Crippen LogP contribution in [0.2, 0.25) is 0 Å². The third-order valence-corrected chi connectivity index (χ3v) is 7.62. The van der Waals surface area contributed by atoms with Gasteiger partial charge < -0.3 is 20.9 Å². The number of likely N-dealkylation sites (tertiary alicyclic amines) is 2. The van der Waals surface area contributed by atoms with Crippen LogP contribution in [0.4, 0.5) is 0 Å². The van der Waals surface area contributed by atoms with Crippen LogP contribution in [0.3, 0.4) is 0 Å². The quantitative estimate of drug-likeness (QED) is 0.613. The van der Waals surface area contributed by atoms with Gasteiger partial charge in [0.15, 0.2) is 0 Å². The van der Waals surface area contributed by atoms with Crippen LogP contribution in [0, 0.1) is 5.92 Å². The largest absolute Gasteiger partial charge is 0.343 e. The van der Waals surface area contributed by atoms with Crippen LogP contribution in [0.5, 0.6) is 0 Å². The van der Waals surface area contributed by atoms with Crippen LogP contribution < -0.4 is 11.1 Å². The van der Waals surface area contributed by atoms with Gasteiger partial charge in [0, 0.05) is 31.6 Å². The highest BCUT2D eigenvalue weighted by atomic mass is 16.2. The Hall–Kier alpha value is -2.70. The summed E-state index contributed by atoms with van der Waals surface area (Å²) in [6.45, 7) is 9.23. The second-order valence-electron chi connectivity index (χ2n) is 10.7. The first-order valence-electron chi connectivity index (χ1n) is 13.0. The standard InChI is InChI=1S/C29H40N4O2/c1-20(2)27(31-28(34)21(3)30)29(35)33-18-25(23-12-8-5-9-13-23)16-26(33)19-32-15-14-24(17-32)22-10-6-4-7-11-22/h4-13,20-21,24-27H,14-19,30H2,1-3H3,(H,31,34)/t21-,24?,25-,26-,27-/m0/s1. The van der Waals surface area contributed by atoms with Crippen LogP contribution in [-0.2, 0) is 9.59 Å². The fourth-order valence-electron chi connectivity index (χ4n) is 5.60. The van der Waals surface area contributed by atoms with Crippen molar-refractivity contribution in [3.05, 3.63) is 71.8 Å². The highest BCUT2D eigenvalue weighted by molar-refractivity contribution is 5.90. The fourth-order valence-corrected chi connectivity index (χ4v) is 5.60. The van der Waals surface area contributed by atoms with Gasteiger partial charge in [0.2, 0.25) is 11.8 Å². The van der Waals surface area contributed by atoms with E-state index in [9.17, 15) is 9.59 Å². The summed E-state index contributed by atoms with van der Waals surface area (Å²) in [4.78, 5) is 30.8. The van der Waals surface area contributed by atoms with E-state index in [1.165, 1.54) is 11.1 Å². The maximum atomic E-state index is 13.8. The molecular formula is C29H40N4O2. The highest BCUT2D eigenvalue weighted by Gasteiger charge is 2.41. The monoisotopic (exact) mass is 476 g/mol. The van der Waals surface area contributed by atoms with Crippen molar-refractivity contribution in [1.29, 1.82) is 0 Å². The molecule has 0 radical (unpaired) electrons. The second kappa shape index (κ2) is 11.4. The molecule has 2 heterocycles. The van der Waals surface area contributed by atoms with E-state index in [1.54, 1.807) is 6.92 Å². The summed E-state index contributed by atoms with van der Waals surface area (Å²) in [6, 6.07) is 20.1. The van der Waals surface area contributed by atoms with Gasteiger partial charge in [0.25, 0.3) is 0 Å². The van der Waals surface area contributed by atoms with Crippen molar-refractivity contribution in [2.45, 2.75) is 63.6 Å². The van der Waals surface area contributed by atoms with Gasteiger partial charge in [-0.1, -0.05) is 74.5 Å². The van der Waals surface area contributed by atoms with Crippen LogP contribution >= 0.6 is 0 Å². The van der Waals surface area contributed by atoms with Gasteiger partial charge in [0.1, 0.15) is 6.04 Å². The molecule has 4 rings (SSSR count). The summed E-state index contributed by atoms with van der Waals surface area (Å²) in [6.07, 6.45) is 2.08. The van der Waals surface area contributed by atoms with Crippen LogP contribution in [0.15, 0.2) is 60.7 Å². The molecule has 0 bridgehead atoms. The smallest absolute Gasteiger partial charge is 0.245 e. The number of hydrogen-bond acceptors (Lipinski definition) is 4. The number of amides is 2. The molecule has 2 aromatic carbocycles.